The van der Waals surface area contributed by atoms with E-state index in [9.17, 15) is 9.59 Å². The summed E-state index contributed by atoms with van der Waals surface area (Å²) in [6, 6.07) is 14.8. The van der Waals surface area contributed by atoms with E-state index in [-0.39, 0.29) is 17.2 Å². The summed E-state index contributed by atoms with van der Waals surface area (Å²) in [5.41, 5.74) is 1.22. The molecule has 2 aliphatic heterocycles. The fraction of sp³-hybridized carbons (Fsp3) is 0.500. The van der Waals surface area contributed by atoms with Crippen LogP contribution < -0.4 is 9.47 Å². The smallest absolute Gasteiger partial charge is 0.257 e. The third-order valence-electron chi connectivity index (χ3n) is 7.26. The van der Waals surface area contributed by atoms with Crippen molar-refractivity contribution >= 4 is 11.8 Å². The quantitative estimate of drug-likeness (QED) is 0.642. The topological polar surface area (TPSA) is 68.3 Å². The highest BCUT2D eigenvalue weighted by Crippen LogP contribution is 2.38. The predicted octanol–water partition coefficient (Wildman–Crippen LogP) is 4.27. The van der Waals surface area contributed by atoms with Crippen LogP contribution in [0.25, 0.3) is 0 Å². The molecule has 4 rings (SSSR count). The van der Waals surface area contributed by atoms with E-state index in [1.165, 1.54) is 0 Å². The lowest BCUT2D eigenvalue weighted by Crippen LogP contribution is -2.45. The average Bonchev–Trinajstić information content (AvgIpc) is 2.90. The van der Waals surface area contributed by atoms with E-state index in [4.69, 9.17) is 14.2 Å². The normalized spacial score (nSPS) is 19.4. The first-order valence-corrected chi connectivity index (χ1v) is 12.5. The Hall–Kier alpha value is -3.06. The van der Waals surface area contributed by atoms with Gasteiger partial charge in [0, 0.05) is 44.3 Å². The van der Waals surface area contributed by atoms with Gasteiger partial charge in [-0.2, -0.15) is 0 Å². The van der Waals surface area contributed by atoms with Gasteiger partial charge < -0.3 is 24.0 Å². The molecular weight excluding hydrogens is 444 g/mol. The van der Waals surface area contributed by atoms with Crippen molar-refractivity contribution in [2.24, 2.45) is 5.41 Å². The van der Waals surface area contributed by atoms with E-state index >= 15 is 0 Å². The first kappa shape index (κ1) is 25.0. The SMILES string of the molecule is COc1ccc(C(=O)N2CCC3(CCCCOCCN(C)C(=O)c4ccccc4OC3)CC2)cc1. The zero-order chi connectivity index (χ0) is 24.7. The molecule has 1 fully saturated rings. The number of piperidine rings is 1. The lowest BCUT2D eigenvalue weighted by Gasteiger charge is -2.42. The largest absolute Gasteiger partial charge is 0.497 e. The van der Waals surface area contributed by atoms with Crippen molar-refractivity contribution in [1.29, 1.82) is 0 Å². The minimum absolute atomic E-state index is 0.0388. The van der Waals surface area contributed by atoms with Crippen molar-refractivity contribution in [2.75, 3.05) is 53.6 Å². The van der Waals surface area contributed by atoms with Crippen LogP contribution in [0.15, 0.2) is 48.5 Å². The van der Waals surface area contributed by atoms with Gasteiger partial charge in [-0.05, 0) is 62.1 Å². The van der Waals surface area contributed by atoms with Crippen LogP contribution in [0.3, 0.4) is 0 Å². The van der Waals surface area contributed by atoms with Crippen LogP contribution >= 0.6 is 0 Å². The molecule has 2 aromatic carbocycles. The van der Waals surface area contributed by atoms with Gasteiger partial charge in [-0.25, -0.2) is 0 Å². The summed E-state index contributed by atoms with van der Waals surface area (Å²) in [6.07, 6.45) is 4.77. The van der Waals surface area contributed by atoms with E-state index < -0.39 is 0 Å². The van der Waals surface area contributed by atoms with Gasteiger partial charge in [0.05, 0.1) is 25.9 Å². The number of rotatable bonds is 2. The maximum Gasteiger partial charge on any atom is 0.257 e. The van der Waals surface area contributed by atoms with Gasteiger partial charge in [-0.1, -0.05) is 18.6 Å². The van der Waals surface area contributed by atoms with Gasteiger partial charge in [0.25, 0.3) is 11.8 Å². The Morgan fingerprint density at radius 1 is 0.943 bits per heavy atom. The fourth-order valence-electron chi connectivity index (χ4n) is 4.88. The number of hydrogen-bond donors (Lipinski definition) is 0. The van der Waals surface area contributed by atoms with Gasteiger partial charge in [0.1, 0.15) is 11.5 Å². The Kier molecular flexibility index (Phi) is 8.29. The minimum Gasteiger partial charge on any atom is -0.497 e. The number of fused-ring (bicyclic) bond motifs is 1. The number of nitrogens with zero attached hydrogens (tertiary/aromatic N) is 2. The zero-order valence-corrected chi connectivity index (χ0v) is 20.8. The molecule has 2 aromatic rings. The molecule has 2 amide bonds. The zero-order valence-electron chi connectivity index (χ0n) is 20.8. The maximum absolute atomic E-state index is 13.1. The number of benzene rings is 2. The minimum atomic E-state index is -0.0600. The van der Waals surface area contributed by atoms with Crippen LogP contribution in [-0.4, -0.2) is 75.2 Å². The Morgan fingerprint density at radius 2 is 1.69 bits per heavy atom. The molecule has 2 heterocycles. The number of para-hydroxylation sites is 1. The van der Waals surface area contributed by atoms with E-state index in [1.807, 2.05) is 53.4 Å². The van der Waals surface area contributed by atoms with Crippen molar-refractivity contribution in [3.05, 3.63) is 59.7 Å². The Labute approximate surface area is 207 Å². The summed E-state index contributed by atoms with van der Waals surface area (Å²) in [5.74, 6) is 1.36. The highest BCUT2D eigenvalue weighted by Gasteiger charge is 2.37. The summed E-state index contributed by atoms with van der Waals surface area (Å²) in [4.78, 5) is 29.7. The summed E-state index contributed by atoms with van der Waals surface area (Å²) in [6.45, 7) is 3.68. The lowest BCUT2D eigenvalue weighted by atomic mass is 9.75. The molecule has 0 N–H and O–H groups in total. The first-order chi connectivity index (χ1) is 17.0. The molecule has 0 aromatic heterocycles. The van der Waals surface area contributed by atoms with Gasteiger partial charge in [0.15, 0.2) is 0 Å². The van der Waals surface area contributed by atoms with Gasteiger partial charge in [0.2, 0.25) is 0 Å². The molecule has 0 atom stereocenters. The third-order valence-corrected chi connectivity index (χ3v) is 7.26. The molecule has 0 aliphatic carbocycles. The molecule has 188 valence electrons. The molecule has 7 heteroatoms. The second-order valence-corrected chi connectivity index (χ2v) is 9.60. The number of hydrogen-bond acceptors (Lipinski definition) is 5. The number of likely N-dealkylation sites (N-methyl/N-ethyl adjacent to an activating group) is 1. The van der Waals surface area contributed by atoms with E-state index in [1.54, 1.807) is 19.1 Å². The highest BCUT2D eigenvalue weighted by atomic mass is 16.5. The Morgan fingerprint density at radius 3 is 2.43 bits per heavy atom. The molecule has 35 heavy (non-hydrogen) atoms. The van der Waals surface area contributed by atoms with E-state index in [0.29, 0.717) is 56.3 Å². The molecule has 2 aliphatic rings. The number of methoxy groups -OCH3 is 1. The number of carbonyl (C=O) groups is 2. The van der Waals surface area contributed by atoms with Crippen LogP contribution in [-0.2, 0) is 4.74 Å². The van der Waals surface area contributed by atoms with Crippen molar-refractivity contribution in [3.8, 4) is 11.5 Å². The van der Waals surface area contributed by atoms with E-state index in [0.717, 1.165) is 37.9 Å². The second-order valence-electron chi connectivity index (χ2n) is 9.60. The molecule has 0 radical (unpaired) electrons. The first-order valence-electron chi connectivity index (χ1n) is 12.5. The van der Waals surface area contributed by atoms with E-state index in [2.05, 4.69) is 0 Å². The summed E-state index contributed by atoms with van der Waals surface area (Å²) >= 11 is 0. The van der Waals surface area contributed by atoms with Crippen LogP contribution in [0.5, 0.6) is 11.5 Å². The summed E-state index contributed by atoms with van der Waals surface area (Å²) in [7, 11) is 3.42. The van der Waals surface area contributed by atoms with Crippen LogP contribution in [0, 0.1) is 5.41 Å². The number of likely N-dealkylation sites (tertiary alicyclic amines) is 1. The van der Waals surface area contributed by atoms with Gasteiger partial charge in [-0.15, -0.1) is 0 Å². The lowest BCUT2D eigenvalue weighted by molar-refractivity contribution is 0.0329. The summed E-state index contributed by atoms with van der Waals surface area (Å²) in [5, 5.41) is 0. The number of ether oxygens (including phenoxy) is 3. The maximum atomic E-state index is 13.1. The average molecular weight is 481 g/mol. The van der Waals surface area contributed by atoms with Crippen LogP contribution in [0.1, 0.15) is 52.8 Å². The van der Waals surface area contributed by atoms with Crippen molar-refractivity contribution < 1.29 is 23.8 Å². The third kappa shape index (κ3) is 6.14. The summed E-state index contributed by atoms with van der Waals surface area (Å²) < 4.78 is 17.4. The highest BCUT2D eigenvalue weighted by molar-refractivity contribution is 5.96. The van der Waals surface area contributed by atoms with Crippen LogP contribution in [0.4, 0.5) is 0 Å². The van der Waals surface area contributed by atoms with Gasteiger partial charge in [-0.3, -0.25) is 9.59 Å². The molecular formula is C28H36N2O5. The predicted molar refractivity (Wildman–Crippen MR) is 134 cm³/mol. The molecule has 1 saturated heterocycles. The molecule has 0 unspecified atom stereocenters. The van der Waals surface area contributed by atoms with Crippen LogP contribution in [0.2, 0.25) is 0 Å². The molecule has 0 bridgehead atoms. The van der Waals surface area contributed by atoms with Gasteiger partial charge >= 0.3 is 0 Å². The second kappa shape index (κ2) is 11.6. The standard InChI is InChI=1S/C28H36N2O5/c1-29-18-20-34-19-6-5-13-28(21-35-25-8-4-3-7-24(25)27(29)32)14-16-30(17-15-28)26(31)22-9-11-23(33-2)12-10-22/h3-4,7-12H,5-6,13-21H2,1-2H3. The monoisotopic (exact) mass is 480 g/mol. The Balaban J connectivity index is 1.47. The molecule has 7 nitrogen and oxygen atoms in total. The van der Waals surface area contributed by atoms with Crippen molar-refractivity contribution in [3.63, 3.8) is 0 Å². The fourth-order valence-corrected chi connectivity index (χ4v) is 4.88. The van der Waals surface area contributed by atoms with Crippen molar-refractivity contribution in [1.82, 2.24) is 9.80 Å². The molecule has 0 saturated carbocycles. The number of amides is 2. The number of carbonyl (C=O) groups excluding carboxylic acids is 2. The molecule has 1 spiro atoms. The van der Waals surface area contributed by atoms with Crippen molar-refractivity contribution in [2.45, 2.75) is 32.1 Å². The Bertz CT molecular complexity index is 999.